The zero-order chi connectivity index (χ0) is 24.7. The SMILES string of the molecule is COc1cc2sncc2cc1-c1cn(COCC[Si](C)(C)C)c2nc(NC(=O)[C@@H]3C[C@@H]3F)ccc12. The van der Waals surface area contributed by atoms with E-state index in [1.54, 1.807) is 13.2 Å². The van der Waals surface area contributed by atoms with Crippen LogP contribution in [0.3, 0.4) is 0 Å². The summed E-state index contributed by atoms with van der Waals surface area (Å²) in [5.74, 6) is 0.251. The number of nitrogens with zero attached hydrogens (tertiary/aromatic N) is 3. The number of hydrogen-bond acceptors (Lipinski definition) is 6. The number of halogens is 1. The third kappa shape index (κ3) is 5.09. The molecule has 0 spiro atoms. The Labute approximate surface area is 208 Å². The Bertz CT molecular complexity index is 1400. The molecule has 1 fully saturated rings. The van der Waals surface area contributed by atoms with Gasteiger partial charge in [-0.05, 0) is 42.2 Å². The highest BCUT2D eigenvalue weighted by molar-refractivity contribution is 7.13. The zero-order valence-electron chi connectivity index (χ0n) is 20.3. The van der Waals surface area contributed by atoms with Crippen molar-refractivity contribution in [1.82, 2.24) is 13.9 Å². The van der Waals surface area contributed by atoms with Gasteiger partial charge in [-0.1, -0.05) is 19.6 Å². The standard InChI is InChI=1S/C25H29FN4O3SSi/c1-32-21-11-22-15(12-27-34-22)9-17(21)19-13-30(14-33-7-8-35(2,3)4)24-16(19)5-6-23(28-24)29-25(31)18-10-20(18)26/h5-6,9,11-13,18,20H,7-8,10,14H2,1-4H3,(H,28,29,31)/t18-,20+/m1/s1. The molecule has 7 nitrogen and oxygen atoms in total. The number of amides is 1. The van der Waals surface area contributed by atoms with Crippen molar-refractivity contribution in [2.75, 3.05) is 19.0 Å². The molecule has 35 heavy (non-hydrogen) atoms. The van der Waals surface area contributed by atoms with Crippen LogP contribution in [0.2, 0.25) is 25.7 Å². The molecule has 1 aliphatic carbocycles. The Morgan fingerprint density at radius 2 is 2.09 bits per heavy atom. The topological polar surface area (TPSA) is 78.3 Å². The van der Waals surface area contributed by atoms with Crippen LogP contribution in [0.15, 0.2) is 36.7 Å². The van der Waals surface area contributed by atoms with Crippen molar-refractivity contribution < 1.29 is 18.7 Å². The number of carbonyl (C=O) groups is 1. The van der Waals surface area contributed by atoms with Gasteiger partial charge in [-0.15, -0.1) is 0 Å². The Hall–Kier alpha value is -2.82. The first-order valence-corrected chi connectivity index (χ1v) is 16.2. The van der Waals surface area contributed by atoms with E-state index in [9.17, 15) is 9.18 Å². The molecule has 0 aliphatic heterocycles. The average molecular weight is 513 g/mol. The summed E-state index contributed by atoms with van der Waals surface area (Å²) in [5, 5.41) is 4.71. The van der Waals surface area contributed by atoms with E-state index >= 15 is 0 Å². The Morgan fingerprint density at radius 1 is 1.29 bits per heavy atom. The van der Waals surface area contributed by atoms with Gasteiger partial charge >= 0.3 is 0 Å². The van der Waals surface area contributed by atoms with Crippen molar-refractivity contribution in [3.8, 4) is 16.9 Å². The smallest absolute Gasteiger partial charge is 0.231 e. The van der Waals surface area contributed by atoms with Gasteiger partial charge in [-0.25, -0.2) is 9.37 Å². The summed E-state index contributed by atoms with van der Waals surface area (Å²) in [7, 11) is 0.443. The fraction of sp³-hybridized carbons (Fsp3) is 0.400. The molecule has 4 aromatic rings. The largest absolute Gasteiger partial charge is 0.496 e. The summed E-state index contributed by atoms with van der Waals surface area (Å²) in [4.78, 5) is 17.0. The molecule has 0 bridgehead atoms. The van der Waals surface area contributed by atoms with Crippen molar-refractivity contribution in [3.63, 3.8) is 0 Å². The lowest BCUT2D eigenvalue weighted by molar-refractivity contribution is -0.117. The first-order valence-electron chi connectivity index (χ1n) is 11.7. The molecule has 1 aliphatic rings. The summed E-state index contributed by atoms with van der Waals surface area (Å²) < 4.78 is 32.4. The highest BCUT2D eigenvalue weighted by Gasteiger charge is 2.43. The maximum absolute atomic E-state index is 13.3. The number of alkyl halides is 1. The number of pyridine rings is 1. The third-order valence-corrected chi connectivity index (χ3v) is 8.68. The molecule has 2 atom stereocenters. The van der Waals surface area contributed by atoms with E-state index < -0.39 is 20.2 Å². The van der Waals surface area contributed by atoms with Crippen LogP contribution in [-0.4, -0.2) is 47.8 Å². The van der Waals surface area contributed by atoms with Crippen LogP contribution in [0.1, 0.15) is 6.42 Å². The van der Waals surface area contributed by atoms with Gasteiger partial charge in [0.1, 0.15) is 30.1 Å². The number of anilines is 1. The number of rotatable bonds is 9. The minimum atomic E-state index is -1.22. The fourth-order valence-corrected chi connectivity index (χ4v) is 5.43. The van der Waals surface area contributed by atoms with Gasteiger partial charge < -0.3 is 19.4 Å². The molecule has 1 N–H and O–H groups in total. The minimum absolute atomic E-state index is 0.277. The normalized spacial score (nSPS) is 17.7. The summed E-state index contributed by atoms with van der Waals surface area (Å²) in [6.45, 7) is 7.97. The zero-order valence-corrected chi connectivity index (χ0v) is 22.1. The highest BCUT2D eigenvalue weighted by Crippen LogP contribution is 2.40. The first kappa shape index (κ1) is 23.9. The maximum Gasteiger partial charge on any atom is 0.231 e. The van der Waals surface area contributed by atoms with Crippen molar-refractivity contribution >= 4 is 52.5 Å². The van der Waals surface area contributed by atoms with Crippen LogP contribution >= 0.6 is 11.5 Å². The van der Waals surface area contributed by atoms with Crippen molar-refractivity contribution in [1.29, 1.82) is 0 Å². The molecule has 184 valence electrons. The van der Waals surface area contributed by atoms with E-state index in [4.69, 9.17) is 14.5 Å². The molecule has 3 heterocycles. The van der Waals surface area contributed by atoms with Crippen molar-refractivity contribution in [2.24, 2.45) is 5.92 Å². The molecular weight excluding hydrogens is 483 g/mol. The van der Waals surface area contributed by atoms with Crippen LogP contribution in [0.4, 0.5) is 10.2 Å². The Balaban J connectivity index is 1.53. The van der Waals surface area contributed by atoms with Crippen LogP contribution < -0.4 is 10.1 Å². The molecule has 0 unspecified atom stereocenters. The Morgan fingerprint density at radius 3 is 2.80 bits per heavy atom. The van der Waals surface area contributed by atoms with Gasteiger partial charge in [0.15, 0.2) is 0 Å². The lowest BCUT2D eigenvalue weighted by Gasteiger charge is -2.15. The number of hydrogen-bond donors (Lipinski definition) is 1. The summed E-state index contributed by atoms with van der Waals surface area (Å²) in [6.07, 6.45) is 3.09. The number of ether oxygens (including phenoxy) is 2. The number of carbonyl (C=O) groups excluding carboxylic acids is 1. The van der Waals surface area contributed by atoms with Gasteiger partial charge in [0, 0.05) is 55.0 Å². The monoisotopic (exact) mass is 512 g/mol. The van der Waals surface area contributed by atoms with E-state index in [1.807, 2.05) is 29.1 Å². The minimum Gasteiger partial charge on any atom is -0.496 e. The van der Waals surface area contributed by atoms with Gasteiger partial charge in [-0.3, -0.25) is 4.79 Å². The van der Waals surface area contributed by atoms with Crippen LogP contribution in [-0.2, 0) is 16.3 Å². The molecule has 1 saturated carbocycles. The van der Waals surface area contributed by atoms with E-state index in [0.717, 1.165) is 38.4 Å². The predicted octanol–water partition coefficient (Wildman–Crippen LogP) is 5.93. The molecule has 0 radical (unpaired) electrons. The number of benzene rings is 1. The van der Waals surface area contributed by atoms with E-state index in [2.05, 4.69) is 35.4 Å². The molecule has 0 saturated heterocycles. The quantitative estimate of drug-likeness (QED) is 0.222. The van der Waals surface area contributed by atoms with Crippen molar-refractivity contribution in [2.45, 2.75) is 45.0 Å². The van der Waals surface area contributed by atoms with Crippen molar-refractivity contribution in [3.05, 3.63) is 36.7 Å². The number of methoxy groups -OCH3 is 1. The molecule has 1 amide bonds. The fourth-order valence-electron chi connectivity index (χ4n) is 4.02. The van der Waals surface area contributed by atoms with Gasteiger partial charge in [0.05, 0.1) is 17.7 Å². The summed E-state index contributed by atoms with van der Waals surface area (Å²) in [6, 6.07) is 8.83. The highest BCUT2D eigenvalue weighted by atomic mass is 32.1. The Kier molecular flexibility index (Phi) is 6.37. The second kappa shape index (κ2) is 9.33. The molecular formula is C25H29FN4O3SSi. The van der Waals surface area contributed by atoms with Crippen LogP contribution in [0.5, 0.6) is 5.75 Å². The summed E-state index contributed by atoms with van der Waals surface area (Å²) >= 11 is 1.43. The molecule has 3 aromatic heterocycles. The number of fused-ring (bicyclic) bond motifs is 2. The van der Waals surface area contributed by atoms with E-state index in [0.29, 0.717) is 24.8 Å². The number of aromatic nitrogens is 3. The van der Waals surface area contributed by atoms with Crippen LogP contribution in [0, 0.1) is 5.92 Å². The number of nitrogens with one attached hydrogen (secondary N) is 1. The maximum atomic E-state index is 13.3. The third-order valence-electron chi connectivity index (χ3n) is 6.21. The molecule has 10 heteroatoms. The van der Waals surface area contributed by atoms with E-state index in [-0.39, 0.29) is 12.3 Å². The second-order valence-corrected chi connectivity index (χ2v) is 16.6. The lowest BCUT2D eigenvalue weighted by Crippen LogP contribution is -2.22. The molecule has 5 rings (SSSR count). The lowest BCUT2D eigenvalue weighted by atomic mass is 10.0. The van der Waals surface area contributed by atoms with Gasteiger partial charge in [0.2, 0.25) is 5.91 Å². The van der Waals surface area contributed by atoms with E-state index in [1.165, 1.54) is 11.5 Å². The average Bonchev–Trinajstić information content (AvgIpc) is 3.22. The first-order chi connectivity index (χ1) is 16.7. The van der Waals surface area contributed by atoms with Gasteiger partial charge in [0.25, 0.3) is 0 Å². The summed E-state index contributed by atoms with van der Waals surface area (Å²) in [5.41, 5.74) is 2.57. The predicted molar refractivity (Wildman–Crippen MR) is 141 cm³/mol. The second-order valence-electron chi connectivity index (χ2n) is 10.2. The molecule has 1 aromatic carbocycles. The van der Waals surface area contributed by atoms with Crippen LogP contribution in [0.25, 0.3) is 32.2 Å². The van der Waals surface area contributed by atoms with Gasteiger partial charge in [-0.2, -0.15) is 4.37 Å².